The van der Waals surface area contributed by atoms with E-state index in [4.69, 9.17) is 0 Å². The third kappa shape index (κ3) is 2.61. The van der Waals surface area contributed by atoms with Crippen LogP contribution in [0.25, 0.3) is 0 Å². The van der Waals surface area contributed by atoms with Crippen molar-refractivity contribution in [2.75, 3.05) is 6.54 Å². The second-order valence-electron chi connectivity index (χ2n) is 4.41. The van der Waals surface area contributed by atoms with Crippen LogP contribution in [0, 0.1) is 0 Å². The fraction of sp³-hybridized carbons (Fsp3) is 0.750. The highest BCUT2D eigenvalue weighted by molar-refractivity contribution is 4.96. The Bertz CT molecular complexity index is 318. The summed E-state index contributed by atoms with van der Waals surface area (Å²) in [5.41, 5.74) is 0. The summed E-state index contributed by atoms with van der Waals surface area (Å²) >= 11 is 0. The average molecular weight is 225 g/mol. The van der Waals surface area contributed by atoms with Crippen LogP contribution in [0.15, 0.2) is 12.4 Å². The lowest BCUT2D eigenvalue weighted by Crippen LogP contribution is -2.42. The largest absolute Gasteiger partial charge is 0.335 e. The number of hydrogen-bond donors (Lipinski definition) is 1. The minimum absolute atomic E-state index is 0.0238. The quantitative estimate of drug-likeness (QED) is 0.848. The lowest BCUT2D eigenvalue weighted by molar-refractivity contribution is 0.213. The van der Waals surface area contributed by atoms with Gasteiger partial charge in [0, 0.05) is 31.4 Å². The predicted octanol–water partition coefficient (Wildman–Crippen LogP) is 1.93. The van der Waals surface area contributed by atoms with Gasteiger partial charge in [-0.15, -0.1) is 0 Å². The Morgan fingerprint density at radius 3 is 3.19 bits per heavy atom. The molecule has 1 saturated heterocycles. The van der Waals surface area contributed by atoms with Crippen molar-refractivity contribution in [3.8, 4) is 0 Å². The van der Waals surface area contributed by atoms with Crippen molar-refractivity contribution in [2.24, 2.45) is 0 Å². The van der Waals surface area contributed by atoms with Gasteiger partial charge in [-0.1, -0.05) is 6.42 Å². The first-order valence-corrected chi connectivity index (χ1v) is 6.18. The standard InChI is InChI=1S/C12H20FN3/c1-2-16-8-7-15-12(16)9-10(13)11-5-3-4-6-14-11/h7-8,10-11,14H,2-6,9H2,1H3. The molecule has 2 heterocycles. The Morgan fingerprint density at radius 2 is 2.50 bits per heavy atom. The summed E-state index contributed by atoms with van der Waals surface area (Å²) in [7, 11) is 0. The fourth-order valence-corrected chi connectivity index (χ4v) is 2.32. The summed E-state index contributed by atoms with van der Waals surface area (Å²) < 4.78 is 16.1. The zero-order valence-corrected chi connectivity index (χ0v) is 9.82. The first kappa shape index (κ1) is 11.6. The lowest BCUT2D eigenvalue weighted by Gasteiger charge is -2.26. The van der Waals surface area contributed by atoms with Crippen molar-refractivity contribution in [1.82, 2.24) is 14.9 Å². The highest BCUT2D eigenvalue weighted by Crippen LogP contribution is 2.16. The Balaban J connectivity index is 1.93. The maximum absolute atomic E-state index is 14.1. The normalized spacial score (nSPS) is 23.2. The van der Waals surface area contributed by atoms with Crippen molar-refractivity contribution in [2.45, 2.75) is 51.4 Å². The number of nitrogens with zero attached hydrogens (tertiary/aromatic N) is 2. The highest BCUT2D eigenvalue weighted by Gasteiger charge is 2.24. The summed E-state index contributed by atoms with van der Waals surface area (Å²) in [6.45, 7) is 3.87. The molecule has 1 aromatic rings. The van der Waals surface area contributed by atoms with E-state index in [1.54, 1.807) is 6.20 Å². The number of aromatic nitrogens is 2. The monoisotopic (exact) mass is 225 g/mol. The number of hydrogen-bond acceptors (Lipinski definition) is 2. The van der Waals surface area contributed by atoms with Crippen LogP contribution < -0.4 is 5.32 Å². The second-order valence-corrected chi connectivity index (χ2v) is 4.41. The van der Waals surface area contributed by atoms with Gasteiger partial charge in [0.1, 0.15) is 12.0 Å². The molecular weight excluding hydrogens is 205 g/mol. The van der Waals surface area contributed by atoms with Crippen LogP contribution in [-0.2, 0) is 13.0 Å². The number of alkyl halides is 1. The van der Waals surface area contributed by atoms with Gasteiger partial charge in [-0.05, 0) is 26.3 Å². The molecule has 1 N–H and O–H groups in total. The van der Waals surface area contributed by atoms with Gasteiger partial charge in [-0.25, -0.2) is 9.37 Å². The second kappa shape index (κ2) is 5.43. The van der Waals surface area contributed by atoms with Crippen molar-refractivity contribution >= 4 is 0 Å². The SMILES string of the molecule is CCn1ccnc1CC(F)C1CCCCN1. The molecule has 2 atom stereocenters. The lowest BCUT2D eigenvalue weighted by atomic mass is 9.99. The Kier molecular flexibility index (Phi) is 3.93. The van der Waals surface area contributed by atoms with E-state index in [1.165, 1.54) is 6.42 Å². The maximum atomic E-state index is 14.1. The van der Waals surface area contributed by atoms with Crippen molar-refractivity contribution < 1.29 is 4.39 Å². The minimum atomic E-state index is -0.812. The fourth-order valence-electron chi connectivity index (χ4n) is 2.32. The van der Waals surface area contributed by atoms with Crippen molar-refractivity contribution in [1.29, 1.82) is 0 Å². The van der Waals surface area contributed by atoms with Crippen molar-refractivity contribution in [3.05, 3.63) is 18.2 Å². The summed E-state index contributed by atoms with van der Waals surface area (Å²) in [6, 6.07) is 0.0238. The third-order valence-electron chi connectivity index (χ3n) is 3.31. The molecule has 4 heteroatoms. The van der Waals surface area contributed by atoms with Gasteiger partial charge in [0.15, 0.2) is 0 Å². The van der Waals surface area contributed by atoms with Crippen LogP contribution in [0.5, 0.6) is 0 Å². The molecule has 0 radical (unpaired) electrons. The smallest absolute Gasteiger partial charge is 0.122 e. The highest BCUT2D eigenvalue weighted by atomic mass is 19.1. The van der Waals surface area contributed by atoms with Gasteiger partial charge < -0.3 is 9.88 Å². The molecule has 0 amide bonds. The molecule has 90 valence electrons. The molecule has 2 unspecified atom stereocenters. The summed E-state index contributed by atoms with van der Waals surface area (Å²) in [5.74, 6) is 0.863. The molecule has 2 rings (SSSR count). The van der Waals surface area contributed by atoms with E-state index in [1.807, 2.05) is 10.8 Å². The van der Waals surface area contributed by atoms with Gasteiger partial charge in [0.2, 0.25) is 0 Å². The third-order valence-corrected chi connectivity index (χ3v) is 3.31. The van der Waals surface area contributed by atoms with E-state index in [2.05, 4.69) is 17.2 Å². The maximum Gasteiger partial charge on any atom is 0.122 e. The molecule has 0 aromatic carbocycles. The van der Waals surface area contributed by atoms with Crippen LogP contribution in [0.1, 0.15) is 32.0 Å². The molecule has 0 aliphatic carbocycles. The summed E-state index contributed by atoms with van der Waals surface area (Å²) in [6.07, 6.45) is 6.54. The van der Waals surface area contributed by atoms with E-state index < -0.39 is 6.17 Å². The van der Waals surface area contributed by atoms with Crippen LogP contribution in [0.2, 0.25) is 0 Å². The number of piperidine rings is 1. The molecule has 1 aliphatic rings. The Labute approximate surface area is 96.1 Å². The number of imidazole rings is 1. The van der Waals surface area contributed by atoms with E-state index in [0.717, 1.165) is 31.8 Å². The van der Waals surface area contributed by atoms with Gasteiger partial charge in [-0.3, -0.25) is 0 Å². The number of nitrogens with one attached hydrogen (secondary N) is 1. The average Bonchev–Trinajstić information content (AvgIpc) is 2.77. The van der Waals surface area contributed by atoms with Gasteiger partial charge in [0.05, 0.1) is 0 Å². The molecule has 1 fully saturated rings. The van der Waals surface area contributed by atoms with Crippen molar-refractivity contribution in [3.63, 3.8) is 0 Å². The van der Waals surface area contributed by atoms with E-state index in [0.29, 0.717) is 6.42 Å². The van der Waals surface area contributed by atoms with Gasteiger partial charge >= 0.3 is 0 Å². The molecule has 1 aromatic heterocycles. The first-order valence-electron chi connectivity index (χ1n) is 6.18. The molecule has 0 saturated carbocycles. The first-order chi connectivity index (χ1) is 7.81. The molecule has 0 bridgehead atoms. The molecular formula is C12H20FN3. The zero-order valence-electron chi connectivity index (χ0n) is 9.82. The number of aryl methyl sites for hydroxylation is 1. The van der Waals surface area contributed by atoms with Gasteiger partial charge in [-0.2, -0.15) is 0 Å². The number of halogens is 1. The van der Waals surface area contributed by atoms with Gasteiger partial charge in [0.25, 0.3) is 0 Å². The van der Waals surface area contributed by atoms with E-state index in [9.17, 15) is 4.39 Å². The zero-order chi connectivity index (χ0) is 11.4. The molecule has 1 aliphatic heterocycles. The Morgan fingerprint density at radius 1 is 1.62 bits per heavy atom. The molecule has 3 nitrogen and oxygen atoms in total. The Hall–Kier alpha value is -0.900. The summed E-state index contributed by atoms with van der Waals surface area (Å²) in [5, 5.41) is 3.26. The predicted molar refractivity (Wildman–Crippen MR) is 62.1 cm³/mol. The van der Waals surface area contributed by atoms with Crippen LogP contribution in [0.3, 0.4) is 0 Å². The van der Waals surface area contributed by atoms with Crippen LogP contribution in [0.4, 0.5) is 4.39 Å². The molecule has 16 heavy (non-hydrogen) atoms. The van der Waals surface area contributed by atoms with Crippen LogP contribution >= 0.6 is 0 Å². The topological polar surface area (TPSA) is 29.9 Å². The number of rotatable bonds is 4. The summed E-state index contributed by atoms with van der Waals surface area (Å²) in [4.78, 5) is 4.22. The minimum Gasteiger partial charge on any atom is -0.335 e. The van der Waals surface area contributed by atoms with E-state index >= 15 is 0 Å². The molecule has 0 spiro atoms. The van der Waals surface area contributed by atoms with E-state index in [-0.39, 0.29) is 6.04 Å². The van der Waals surface area contributed by atoms with Crippen LogP contribution in [-0.4, -0.2) is 28.3 Å².